The number of carbonyl (C=O) groups excluding carboxylic acids is 1. The molecule has 4 heteroatoms. The molecular formula is C17H21NO3. The molecule has 1 saturated carbocycles. The Balaban J connectivity index is 1.49. The van der Waals surface area contributed by atoms with Crippen LogP contribution in [0.3, 0.4) is 0 Å². The van der Waals surface area contributed by atoms with Gasteiger partial charge in [0.1, 0.15) is 0 Å². The molecule has 4 nitrogen and oxygen atoms in total. The molecule has 0 bridgehead atoms. The summed E-state index contributed by atoms with van der Waals surface area (Å²) in [5, 5.41) is 8.85. The molecule has 1 heterocycles. The van der Waals surface area contributed by atoms with Crippen LogP contribution in [0, 0.1) is 17.3 Å². The van der Waals surface area contributed by atoms with Gasteiger partial charge in [-0.05, 0) is 41.4 Å². The van der Waals surface area contributed by atoms with Crippen LogP contribution in [-0.4, -0.2) is 35.0 Å². The van der Waals surface area contributed by atoms with E-state index in [1.165, 1.54) is 0 Å². The first-order chi connectivity index (χ1) is 9.89. The standard InChI is InChI=1S/C17H21NO3/c1-17(2)13-9-18(10-14(13)17)15(19)8-5-11-3-6-12(7-4-11)16(20)21/h3-4,6-7,13-14H,5,8-10H2,1-2H3,(H,20,21)/t13-,14-/m0/s1. The molecule has 2 aliphatic rings. The van der Waals surface area contributed by atoms with E-state index in [0.29, 0.717) is 30.1 Å². The minimum Gasteiger partial charge on any atom is -0.478 e. The summed E-state index contributed by atoms with van der Waals surface area (Å²) in [5.74, 6) is 0.685. The molecule has 1 aromatic rings. The maximum absolute atomic E-state index is 12.2. The number of hydrogen-bond acceptors (Lipinski definition) is 2. The highest BCUT2D eigenvalue weighted by Gasteiger charge is 2.62. The third-order valence-electron chi connectivity index (χ3n) is 5.30. The summed E-state index contributed by atoms with van der Waals surface area (Å²) in [6, 6.07) is 6.77. The van der Waals surface area contributed by atoms with Crippen molar-refractivity contribution in [3.63, 3.8) is 0 Å². The van der Waals surface area contributed by atoms with Crippen molar-refractivity contribution in [1.29, 1.82) is 0 Å². The van der Waals surface area contributed by atoms with Crippen molar-refractivity contribution in [2.45, 2.75) is 26.7 Å². The van der Waals surface area contributed by atoms with Crippen LogP contribution < -0.4 is 0 Å². The maximum atomic E-state index is 12.2. The summed E-state index contributed by atoms with van der Waals surface area (Å²) in [6.45, 7) is 6.39. The number of aryl methyl sites for hydroxylation is 1. The third kappa shape index (κ3) is 2.55. The highest BCUT2D eigenvalue weighted by Crippen LogP contribution is 2.61. The van der Waals surface area contributed by atoms with Gasteiger partial charge >= 0.3 is 5.97 Å². The lowest BCUT2D eigenvalue weighted by molar-refractivity contribution is -0.130. The van der Waals surface area contributed by atoms with Crippen LogP contribution in [0.1, 0.15) is 36.2 Å². The van der Waals surface area contributed by atoms with Gasteiger partial charge in [0.15, 0.2) is 0 Å². The Labute approximate surface area is 124 Å². The number of fused-ring (bicyclic) bond motifs is 1. The van der Waals surface area contributed by atoms with Crippen molar-refractivity contribution >= 4 is 11.9 Å². The Hall–Kier alpha value is -1.84. The summed E-state index contributed by atoms with van der Waals surface area (Å²) in [7, 11) is 0. The average Bonchev–Trinajstić information content (AvgIpc) is 2.83. The second-order valence-corrected chi connectivity index (χ2v) is 6.84. The Morgan fingerprint density at radius 3 is 2.29 bits per heavy atom. The zero-order valence-electron chi connectivity index (χ0n) is 12.5. The Kier molecular flexibility index (Phi) is 3.27. The molecule has 2 fully saturated rings. The van der Waals surface area contributed by atoms with E-state index in [1.807, 2.05) is 4.90 Å². The van der Waals surface area contributed by atoms with Gasteiger partial charge in [-0.3, -0.25) is 4.79 Å². The van der Waals surface area contributed by atoms with Crippen molar-refractivity contribution in [2.75, 3.05) is 13.1 Å². The molecule has 1 saturated heterocycles. The van der Waals surface area contributed by atoms with E-state index >= 15 is 0 Å². The first-order valence-corrected chi connectivity index (χ1v) is 7.49. The van der Waals surface area contributed by atoms with Gasteiger partial charge in [-0.25, -0.2) is 4.79 Å². The number of nitrogens with zero attached hydrogens (tertiary/aromatic N) is 1. The summed E-state index contributed by atoms with van der Waals surface area (Å²) >= 11 is 0. The molecule has 1 aliphatic carbocycles. The predicted octanol–water partition coefficient (Wildman–Crippen LogP) is 2.43. The average molecular weight is 287 g/mol. The van der Waals surface area contributed by atoms with Gasteiger partial charge in [0.25, 0.3) is 0 Å². The topological polar surface area (TPSA) is 57.6 Å². The second kappa shape index (κ2) is 4.86. The fourth-order valence-electron chi connectivity index (χ4n) is 3.56. The highest BCUT2D eigenvalue weighted by atomic mass is 16.4. The fraction of sp³-hybridized carbons (Fsp3) is 0.529. The van der Waals surface area contributed by atoms with E-state index < -0.39 is 5.97 Å². The lowest BCUT2D eigenvalue weighted by Crippen LogP contribution is -2.32. The van der Waals surface area contributed by atoms with Crippen LogP contribution in [0.5, 0.6) is 0 Å². The Bertz CT molecular complexity index is 562. The first kappa shape index (κ1) is 14.1. The molecule has 0 spiro atoms. The summed E-state index contributed by atoms with van der Waals surface area (Å²) in [4.78, 5) is 25.0. The van der Waals surface area contributed by atoms with Crippen LogP contribution >= 0.6 is 0 Å². The van der Waals surface area contributed by atoms with Crippen LogP contribution in [-0.2, 0) is 11.2 Å². The second-order valence-electron chi connectivity index (χ2n) is 6.84. The van der Waals surface area contributed by atoms with E-state index in [-0.39, 0.29) is 11.5 Å². The van der Waals surface area contributed by atoms with Crippen molar-refractivity contribution in [2.24, 2.45) is 17.3 Å². The Morgan fingerprint density at radius 2 is 1.76 bits per heavy atom. The Morgan fingerprint density at radius 1 is 1.19 bits per heavy atom. The summed E-state index contributed by atoms with van der Waals surface area (Å²) in [5.41, 5.74) is 1.73. The largest absolute Gasteiger partial charge is 0.478 e. The van der Waals surface area contributed by atoms with Gasteiger partial charge in [0.05, 0.1) is 5.56 Å². The maximum Gasteiger partial charge on any atom is 0.335 e. The van der Waals surface area contributed by atoms with Gasteiger partial charge in [-0.1, -0.05) is 26.0 Å². The van der Waals surface area contributed by atoms with Gasteiger partial charge < -0.3 is 10.0 Å². The molecule has 21 heavy (non-hydrogen) atoms. The zero-order valence-corrected chi connectivity index (χ0v) is 12.5. The molecule has 1 amide bonds. The molecule has 2 atom stereocenters. The van der Waals surface area contributed by atoms with Crippen LogP contribution in [0.15, 0.2) is 24.3 Å². The summed E-state index contributed by atoms with van der Waals surface area (Å²) in [6.07, 6.45) is 1.18. The van der Waals surface area contributed by atoms with Gasteiger partial charge in [0.2, 0.25) is 5.91 Å². The molecule has 0 radical (unpaired) electrons. The number of piperidine rings is 1. The van der Waals surface area contributed by atoms with Crippen molar-refractivity contribution in [3.8, 4) is 0 Å². The lowest BCUT2D eigenvalue weighted by Gasteiger charge is -2.22. The number of rotatable bonds is 4. The molecule has 1 aromatic carbocycles. The number of aromatic carboxylic acids is 1. The van der Waals surface area contributed by atoms with Crippen LogP contribution in [0.25, 0.3) is 0 Å². The molecule has 112 valence electrons. The van der Waals surface area contributed by atoms with Gasteiger partial charge in [-0.2, -0.15) is 0 Å². The van der Waals surface area contributed by atoms with Crippen LogP contribution in [0.2, 0.25) is 0 Å². The minimum atomic E-state index is -0.920. The van der Waals surface area contributed by atoms with Gasteiger partial charge in [0, 0.05) is 19.5 Å². The van der Waals surface area contributed by atoms with Gasteiger partial charge in [-0.15, -0.1) is 0 Å². The van der Waals surface area contributed by atoms with E-state index in [9.17, 15) is 9.59 Å². The number of carbonyl (C=O) groups is 2. The highest BCUT2D eigenvalue weighted by molar-refractivity contribution is 5.87. The van der Waals surface area contributed by atoms with E-state index in [2.05, 4.69) is 13.8 Å². The lowest BCUT2D eigenvalue weighted by atomic mass is 10.0. The fourth-order valence-corrected chi connectivity index (χ4v) is 3.56. The molecular weight excluding hydrogens is 266 g/mol. The predicted molar refractivity (Wildman–Crippen MR) is 79.1 cm³/mol. The zero-order chi connectivity index (χ0) is 15.2. The quantitative estimate of drug-likeness (QED) is 0.925. The number of likely N-dealkylation sites (tertiary alicyclic amines) is 1. The monoisotopic (exact) mass is 287 g/mol. The van der Waals surface area contributed by atoms with Crippen molar-refractivity contribution < 1.29 is 14.7 Å². The normalized spacial score (nSPS) is 25.5. The van der Waals surface area contributed by atoms with E-state index in [1.54, 1.807) is 24.3 Å². The minimum absolute atomic E-state index is 0.223. The summed E-state index contributed by atoms with van der Waals surface area (Å²) < 4.78 is 0. The molecule has 3 rings (SSSR count). The smallest absolute Gasteiger partial charge is 0.335 e. The number of hydrogen-bond donors (Lipinski definition) is 1. The SMILES string of the molecule is CC1(C)[C@H]2CN(C(=O)CCc3ccc(C(=O)O)cc3)C[C@@H]21. The molecule has 0 unspecified atom stereocenters. The van der Waals surface area contributed by atoms with E-state index in [0.717, 1.165) is 18.7 Å². The molecule has 1 aliphatic heterocycles. The first-order valence-electron chi connectivity index (χ1n) is 7.49. The molecule has 0 aromatic heterocycles. The number of amides is 1. The third-order valence-corrected chi connectivity index (χ3v) is 5.30. The molecule has 1 N–H and O–H groups in total. The number of carboxylic acid groups (broad SMARTS) is 1. The van der Waals surface area contributed by atoms with Crippen molar-refractivity contribution in [1.82, 2.24) is 4.90 Å². The van der Waals surface area contributed by atoms with Crippen molar-refractivity contribution in [3.05, 3.63) is 35.4 Å². The van der Waals surface area contributed by atoms with E-state index in [4.69, 9.17) is 5.11 Å². The van der Waals surface area contributed by atoms with Crippen LogP contribution in [0.4, 0.5) is 0 Å². The number of benzene rings is 1. The number of carboxylic acids is 1.